The van der Waals surface area contributed by atoms with Crippen LogP contribution in [0.15, 0.2) is 29.4 Å². The van der Waals surface area contributed by atoms with Gasteiger partial charge in [-0.2, -0.15) is 5.10 Å². The van der Waals surface area contributed by atoms with E-state index in [0.29, 0.717) is 0 Å². The lowest BCUT2D eigenvalue weighted by Crippen LogP contribution is -2.06. The number of hydrogen-bond donors (Lipinski definition) is 1. The van der Waals surface area contributed by atoms with Crippen molar-refractivity contribution in [2.24, 2.45) is 5.10 Å². The number of nitrogens with zero attached hydrogens (tertiary/aromatic N) is 2. The molecule has 5 nitrogen and oxygen atoms in total. The molecule has 120 valence electrons. The number of nitro groups is 1. The monoisotopic (exact) mass is 331 g/mol. The predicted molar refractivity (Wildman–Crippen MR) is 70.5 cm³/mol. The van der Waals surface area contributed by atoms with E-state index < -0.39 is 39.7 Å². The fraction of sp³-hybridized carbons (Fsp3) is 0. The average Bonchev–Trinajstić information content (AvgIpc) is 2.54. The van der Waals surface area contributed by atoms with E-state index in [0.717, 1.165) is 12.3 Å². The second-order valence-corrected chi connectivity index (χ2v) is 4.13. The molecule has 0 fully saturated rings. The van der Waals surface area contributed by atoms with Crippen LogP contribution in [-0.4, -0.2) is 11.1 Å². The van der Waals surface area contributed by atoms with Crippen molar-refractivity contribution in [2.75, 3.05) is 5.43 Å². The molecule has 10 heteroatoms. The number of hydrazone groups is 1. The van der Waals surface area contributed by atoms with Crippen LogP contribution in [0.3, 0.4) is 0 Å². The van der Waals surface area contributed by atoms with E-state index in [1.165, 1.54) is 18.2 Å². The van der Waals surface area contributed by atoms with Gasteiger partial charge in [0.05, 0.1) is 16.7 Å². The quantitative estimate of drug-likeness (QED) is 0.232. The number of anilines is 1. The third-order valence-corrected chi connectivity index (χ3v) is 2.72. The summed E-state index contributed by atoms with van der Waals surface area (Å²) in [6.07, 6.45) is 0.816. The molecule has 0 saturated heterocycles. The van der Waals surface area contributed by atoms with Gasteiger partial charge < -0.3 is 0 Å². The van der Waals surface area contributed by atoms with Gasteiger partial charge in [0, 0.05) is 6.07 Å². The van der Waals surface area contributed by atoms with Gasteiger partial charge in [-0.3, -0.25) is 15.5 Å². The normalized spacial score (nSPS) is 11.0. The van der Waals surface area contributed by atoms with Gasteiger partial charge in [0.25, 0.3) is 5.69 Å². The Morgan fingerprint density at radius 2 is 1.48 bits per heavy atom. The first-order valence-corrected chi connectivity index (χ1v) is 5.88. The smallest absolute Gasteiger partial charge is 0.272 e. The fourth-order valence-corrected chi connectivity index (χ4v) is 1.63. The molecule has 2 aromatic carbocycles. The molecule has 0 aromatic heterocycles. The van der Waals surface area contributed by atoms with E-state index in [1.807, 2.05) is 0 Å². The van der Waals surface area contributed by atoms with Crippen LogP contribution < -0.4 is 5.43 Å². The number of nitrogens with one attached hydrogen (secondary N) is 1. The zero-order chi connectivity index (χ0) is 17.1. The third-order valence-electron chi connectivity index (χ3n) is 2.72. The van der Waals surface area contributed by atoms with Crippen molar-refractivity contribution in [3.8, 4) is 0 Å². The zero-order valence-corrected chi connectivity index (χ0v) is 11.0. The molecule has 0 bridgehead atoms. The van der Waals surface area contributed by atoms with Crippen LogP contribution in [0.4, 0.5) is 33.3 Å². The molecule has 23 heavy (non-hydrogen) atoms. The Balaban J connectivity index is 2.34. The number of rotatable bonds is 4. The second kappa shape index (κ2) is 6.38. The summed E-state index contributed by atoms with van der Waals surface area (Å²) >= 11 is 0. The molecule has 0 heterocycles. The Labute approximate surface area is 125 Å². The highest BCUT2D eigenvalue weighted by molar-refractivity contribution is 5.85. The summed E-state index contributed by atoms with van der Waals surface area (Å²) in [5.74, 6) is -10.8. The summed E-state index contributed by atoms with van der Waals surface area (Å²) < 4.78 is 65.6. The number of para-hydroxylation sites is 1. The molecular formula is C13H6F5N3O2. The molecular weight excluding hydrogens is 325 g/mol. The maximum atomic E-state index is 13.4. The maximum Gasteiger partial charge on any atom is 0.278 e. The van der Waals surface area contributed by atoms with Crippen molar-refractivity contribution in [3.05, 3.63) is 69.0 Å². The zero-order valence-electron chi connectivity index (χ0n) is 11.0. The van der Waals surface area contributed by atoms with Crippen LogP contribution >= 0.6 is 0 Å². The predicted octanol–water partition coefficient (Wildman–Crippen LogP) is 3.74. The first-order valence-electron chi connectivity index (χ1n) is 5.88. The number of halogens is 5. The van der Waals surface area contributed by atoms with Crippen LogP contribution in [0, 0.1) is 39.2 Å². The fourth-order valence-electron chi connectivity index (χ4n) is 1.63. The summed E-state index contributed by atoms with van der Waals surface area (Å²) in [5, 5.41) is 14.0. The minimum Gasteiger partial charge on any atom is -0.272 e. The number of hydrogen-bond acceptors (Lipinski definition) is 4. The topological polar surface area (TPSA) is 67.5 Å². The van der Waals surface area contributed by atoms with Gasteiger partial charge in [0.1, 0.15) is 5.69 Å². The molecule has 0 aliphatic heterocycles. The summed E-state index contributed by atoms with van der Waals surface area (Å²) in [6, 6.07) is 5.25. The molecule has 2 rings (SSSR count). The Hall–Kier alpha value is -3.04. The van der Waals surface area contributed by atoms with Crippen LogP contribution in [0.5, 0.6) is 0 Å². The number of nitro benzene ring substituents is 1. The lowest BCUT2D eigenvalue weighted by Gasteiger charge is -2.06. The summed E-state index contributed by atoms with van der Waals surface area (Å²) in [6.45, 7) is 0. The first-order chi connectivity index (χ1) is 10.8. The van der Waals surface area contributed by atoms with Gasteiger partial charge in [-0.05, 0) is 6.07 Å². The lowest BCUT2D eigenvalue weighted by atomic mass is 10.2. The van der Waals surface area contributed by atoms with Gasteiger partial charge in [-0.1, -0.05) is 12.1 Å². The molecule has 0 amide bonds. The highest BCUT2D eigenvalue weighted by Crippen LogP contribution is 2.27. The van der Waals surface area contributed by atoms with Crippen molar-refractivity contribution >= 4 is 17.6 Å². The molecule has 0 atom stereocenters. The van der Waals surface area contributed by atoms with Crippen molar-refractivity contribution in [3.63, 3.8) is 0 Å². The van der Waals surface area contributed by atoms with Crippen molar-refractivity contribution in [1.29, 1.82) is 0 Å². The third kappa shape index (κ3) is 3.10. The molecule has 0 radical (unpaired) electrons. The SMILES string of the molecule is O=[N+]([O-])c1ccccc1/C=N\Nc1c(F)c(F)c(F)c(F)c1F. The highest BCUT2D eigenvalue weighted by Gasteiger charge is 2.25. The van der Waals surface area contributed by atoms with Gasteiger partial charge in [0.2, 0.25) is 5.82 Å². The first kappa shape index (κ1) is 16.3. The molecule has 1 N–H and O–H groups in total. The van der Waals surface area contributed by atoms with Crippen molar-refractivity contribution in [2.45, 2.75) is 0 Å². The molecule has 0 spiro atoms. The Bertz CT molecular complexity index is 781. The van der Waals surface area contributed by atoms with E-state index in [2.05, 4.69) is 5.10 Å². The van der Waals surface area contributed by atoms with Gasteiger partial charge in [-0.25, -0.2) is 22.0 Å². The standard InChI is InChI=1S/C13H6F5N3O2/c14-8-9(15)11(17)13(12(18)10(8)16)20-19-5-6-3-1-2-4-7(6)21(22)23/h1-5,20H/b19-5-. The minimum absolute atomic E-state index is 0.0335. The van der Waals surface area contributed by atoms with Crippen LogP contribution in [0.1, 0.15) is 5.56 Å². The van der Waals surface area contributed by atoms with Gasteiger partial charge >= 0.3 is 0 Å². The second-order valence-electron chi connectivity index (χ2n) is 4.13. The van der Waals surface area contributed by atoms with Crippen LogP contribution in [0.2, 0.25) is 0 Å². The highest BCUT2D eigenvalue weighted by atomic mass is 19.2. The molecule has 0 saturated carbocycles. The van der Waals surface area contributed by atoms with E-state index >= 15 is 0 Å². The molecule has 0 aliphatic carbocycles. The average molecular weight is 331 g/mol. The van der Waals surface area contributed by atoms with Crippen molar-refractivity contribution < 1.29 is 26.9 Å². The Morgan fingerprint density at radius 3 is 2.04 bits per heavy atom. The van der Waals surface area contributed by atoms with E-state index in [-0.39, 0.29) is 11.3 Å². The number of benzene rings is 2. The lowest BCUT2D eigenvalue weighted by molar-refractivity contribution is -0.385. The Kier molecular flexibility index (Phi) is 4.53. The molecule has 2 aromatic rings. The van der Waals surface area contributed by atoms with Crippen molar-refractivity contribution in [1.82, 2.24) is 0 Å². The summed E-state index contributed by atoms with van der Waals surface area (Å²) in [4.78, 5) is 10.0. The van der Waals surface area contributed by atoms with E-state index in [1.54, 1.807) is 5.43 Å². The van der Waals surface area contributed by atoms with E-state index in [9.17, 15) is 32.1 Å². The summed E-state index contributed by atoms with van der Waals surface area (Å²) in [5.41, 5.74) is -0.0946. The maximum absolute atomic E-state index is 13.4. The van der Waals surface area contributed by atoms with Gasteiger partial charge in [0.15, 0.2) is 23.3 Å². The van der Waals surface area contributed by atoms with Gasteiger partial charge in [-0.15, -0.1) is 0 Å². The van der Waals surface area contributed by atoms with E-state index in [4.69, 9.17) is 0 Å². The van der Waals surface area contributed by atoms with Crippen LogP contribution in [-0.2, 0) is 0 Å². The molecule has 0 aliphatic rings. The van der Waals surface area contributed by atoms with Crippen LogP contribution in [0.25, 0.3) is 0 Å². The molecule has 0 unspecified atom stereocenters. The minimum atomic E-state index is -2.30. The summed E-state index contributed by atoms with van der Waals surface area (Å²) in [7, 11) is 0. The Morgan fingerprint density at radius 1 is 0.957 bits per heavy atom. The largest absolute Gasteiger partial charge is 0.278 e.